The lowest BCUT2D eigenvalue weighted by Crippen LogP contribution is -2.36. The molecule has 0 fully saturated rings. The molecule has 1 heterocycles. The topological polar surface area (TPSA) is 61.7 Å². The molecule has 3 N–H and O–H groups in total. The molecule has 0 bridgehead atoms. The fraction of sp³-hybridized carbons (Fsp3) is 0.478. The smallest absolute Gasteiger partial charge is 0.124 e. The number of nitrogens with one attached hydrogen (secondary N) is 1. The number of benzene rings is 2. The van der Waals surface area contributed by atoms with Crippen LogP contribution in [-0.2, 0) is 6.42 Å². The van der Waals surface area contributed by atoms with E-state index in [9.17, 15) is 10.2 Å². The molecule has 5 unspecified atom stereocenters. The van der Waals surface area contributed by atoms with E-state index in [1.165, 1.54) is 5.56 Å². The fourth-order valence-electron chi connectivity index (χ4n) is 5.21. The molecule has 1 aliphatic heterocycles. The summed E-state index contributed by atoms with van der Waals surface area (Å²) in [4.78, 5) is 0. The molecule has 2 aliphatic rings. The number of aliphatic hydroxyl groups excluding tert-OH is 1. The average molecular weight is 367 g/mol. The van der Waals surface area contributed by atoms with Crippen molar-refractivity contribution in [3.8, 4) is 11.5 Å². The van der Waals surface area contributed by atoms with Gasteiger partial charge in [0, 0.05) is 34.7 Å². The first-order valence-electron chi connectivity index (χ1n) is 9.87. The largest absolute Gasteiger partial charge is 0.507 e. The number of fused-ring (bicyclic) bond motifs is 2. The van der Waals surface area contributed by atoms with Crippen molar-refractivity contribution in [3.63, 3.8) is 0 Å². The highest BCUT2D eigenvalue weighted by molar-refractivity contribution is 5.56. The van der Waals surface area contributed by atoms with Gasteiger partial charge in [0.05, 0.1) is 13.2 Å². The number of ether oxygens (including phenoxy) is 1. The number of aliphatic hydroxyl groups is 1. The van der Waals surface area contributed by atoms with Crippen molar-refractivity contribution < 1.29 is 14.9 Å². The van der Waals surface area contributed by atoms with Crippen LogP contribution >= 0.6 is 0 Å². The highest BCUT2D eigenvalue weighted by Gasteiger charge is 2.37. The molecule has 27 heavy (non-hydrogen) atoms. The van der Waals surface area contributed by atoms with Gasteiger partial charge in [-0.25, -0.2) is 0 Å². The van der Waals surface area contributed by atoms with Crippen LogP contribution in [0.25, 0.3) is 0 Å². The lowest BCUT2D eigenvalue weighted by Gasteiger charge is -2.37. The van der Waals surface area contributed by atoms with E-state index < -0.39 is 6.10 Å². The second kappa shape index (κ2) is 6.84. The third kappa shape index (κ3) is 2.91. The maximum Gasteiger partial charge on any atom is 0.124 e. The van der Waals surface area contributed by atoms with Gasteiger partial charge in [-0.1, -0.05) is 31.2 Å². The van der Waals surface area contributed by atoms with Crippen LogP contribution in [-0.4, -0.2) is 29.5 Å². The Kier molecular flexibility index (Phi) is 4.65. The summed E-state index contributed by atoms with van der Waals surface area (Å²) in [5.41, 5.74) is 5.18. The molecule has 4 heteroatoms. The van der Waals surface area contributed by atoms with Crippen LogP contribution < -0.4 is 10.1 Å². The molecule has 4 nitrogen and oxygen atoms in total. The van der Waals surface area contributed by atoms with Gasteiger partial charge >= 0.3 is 0 Å². The van der Waals surface area contributed by atoms with Crippen LogP contribution in [0.15, 0.2) is 30.3 Å². The molecule has 144 valence electrons. The summed E-state index contributed by atoms with van der Waals surface area (Å²) in [6.45, 7) is 6.38. The summed E-state index contributed by atoms with van der Waals surface area (Å²) in [5.74, 6) is 1.15. The number of methoxy groups -OCH3 is 1. The summed E-state index contributed by atoms with van der Waals surface area (Å²) >= 11 is 0. The van der Waals surface area contributed by atoms with Gasteiger partial charge in [-0.2, -0.15) is 0 Å². The molecule has 1 aliphatic carbocycles. The molecular weight excluding hydrogens is 338 g/mol. The van der Waals surface area contributed by atoms with Crippen molar-refractivity contribution in [2.24, 2.45) is 0 Å². The Bertz CT molecular complexity index is 863. The van der Waals surface area contributed by atoms with Crippen molar-refractivity contribution in [1.29, 1.82) is 0 Å². The van der Waals surface area contributed by atoms with Gasteiger partial charge < -0.3 is 20.3 Å². The molecule has 5 atom stereocenters. The second-order valence-corrected chi connectivity index (χ2v) is 8.21. The molecule has 0 amide bonds. The van der Waals surface area contributed by atoms with Gasteiger partial charge in [-0.05, 0) is 49.8 Å². The van der Waals surface area contributed by atoms with E-state index in [4.69, 9.17) is 4.74 Å². The van der Waals surface area contributed by atoms with Crippen LogP contribution in [0.4, 0.5) is 0 Å². The van der Waals surface area contributed by atoms with E-state index in [-0.39, 0.29) is 17.9 Å². The first kappa shape index (κ1) is 18.3. The molecule has 0 spiro atoms. The Morgan fingerprint density at radius 1 is 1.04 bits per heavy atom. The Balaban J connectivity index is 1.88. The van der Waals surface area contributed by atoms with Crippen molar-refractivity contribution in [2.75, 3.05) is 7.11 Å². The first-order chi connectivity index (χ1) is 12.9. The number of aromatic hydroxyl groups is 1. The summed E-state index contributed by atoms with van der Waals surface area (Å²) in [6.07, 6.45) is 1.02. The predicted molar refractivity (Wildman–Crippen MR) is 107 cm³/mol. The molecule has 0 saturated heterocycles. The Morgan fingerprint density at radius 2 is 1.81 bits per heavy atom. The van der Waals surface area contributed by atoms with Gasteiger partial charge in [0.25, 0.3) is 0 Å². The minimum Gasteiger partial charge on any atom is -0.507 e. The molecule has 0 radical (unpaired) electrons. The Labute approximate surface area is 161 Å². The molecular formula is C23H29NO3. The van der Waals surface area contributed by atoms with Gasteiger partial charge in [0.15, 0.2) is 0 Å². The van der Waals surface area contributed by atoms with Crippen LogP contribution in [0.1, 0.15) is 72.9 Å². The Hall–Kier alpha value is -2.04. The zero-order chi connectivity index (χ0) is 19.3. The summed E-state index contributed by atoms with van der Waals surface area (Å²) in [6, 6.07) is 10.6. The number of phenols is 1. The quantitative estimate of drug-likeness (QED) is 0.751. The maximum absolute atomic E-state index is 11.2. The predicted octanol–water partition coefficient (Wildman–Crippen LogP) is 4.00. The minimum absolute atomic E-state index is 0.0909. The van der Waals surface area contributed by atoms with Crippen molar-refractivity contribution in [3.05, 3.63) is 58.1 Å². The van der Waals surface area contributed by atoms with Crippen molar-refractivity contribution in [1.82, 2.24) is 5.32 Å². The maximum atomic E-state index is 11.2. The average Bonchev–Trinajstić information content (AvgIpc) is 2.62. The van der Waals surface area contributed by atoms with Crippen LogP contribution in [0.2, 0.25) is 0 Å². The summed E-state index contributed by atoms with van der Waals surface area (Å²) < 4.78 is 5.60. The third-order valence-corrected chi connectivity index (χ3v) is 6.29. The van der Waals surface area contributed by atoms with Gasteiger partial charge in [-0.15, -0.1) is 0 Å². The molecule has 0 saturated carbocycles. The van der Waals surface area contributed by atoms with E-state index in [2.05, 4.69) is 38.2 Å². The number of phenolic OH excluding ortho intramolecular Hbond substituents is 1. The van der Waals surface area contributed by atoms with Crippen LogP contribution in [0, 0.1) is 0 Å². The molecule has 0 aromatic heterocycles. The normalized spacial score (nSPS) is 29.7. The first-order valence-corrected chi connectivity index (χ1v) is 9.87. The second-order valence-electron chi connectivity index (χ2n) is 8.21. The zero-order valence-corrected chi connectivity index (χ0v) is 16.5. The van der Waals surface area contributed by atoms with E-state index in [1.54, 1.807) is 7.11 Å². The number of hydrogen-bond acceptors (Lipinski definition) is 4. The number of hydrogen-bond donors (Lipinski definition) is 3. The third-order valence-electron chi connectivity index (χ3n) is 6.29. The van der Waals surface area contributed by atoms with Crippen molar-refractivity contribution >= 4 is 0 Å². The van der Waals surface area contributed by atoms with Gasteiger partial charge in [0.2, 0.25) is 0 Å². The number of rotatable bonds is 2. The standard InChI is InChI=1S/C23H29NO3/c1-12-10-18(25)22(16-6-5-7-19(27-4)20(12)16)17-9-8-15-11-13(2)24-14(3)21(15)23(17)26/h5-9,12-14,18,22,24-26H,10-11H2,1-4H3. The van der Waals surface area contributed by atoms with Crippen LogP contribution in [0.5, 0.6) is 11.5 Å². The van der Waals surface area contributed by atoms with Crippen LogP contribution in [0.3, 0.4) is 0 Å². The van der Waals surface area contributed by atoms with Crippen molar-refractivity contribution in [2.45, 2.75) is 63.6 Å². The van der Waals surface area contributed by atoms with E-state index in [0.29, 0.717) is 18.2 Å². The lowest BCUT2D eigenvalue weighted by molar-refractivity contribution is 0.128. The highest BCUT2D eigenvalue weighted by Crippen LogP contribution is 2.49. The summed E-state index contributed by atoms with van der Waals surface area (Å²) in [5, 5.41) is 25.7. The molecule has 2 aromatic carbocycles. The Morgan fingerprint density at radius 3 is 2.56 bits per heavy atom. The fourth-order valence-corrected chi connectivity index (χ4v) is 5.21. The zero-order valence-electron chi connectivity index (χ0n) is 16.5. The molecule has 4 rings (SSSR count). The highest BCUT2D eigenvalue weighted by atomic mass is 16.5. The van der Waals surface area contributed by atoms with E-state index in [1.807, 2.05) is 18.2 Å². The SMILES string of the molecule is COc1cccc2c1C(C)CC(O)C2c1ccc2c(c1O)C(C)NC(C)C2. The lowest BCUT2D eigenvalue weighted by atomic mass is 9.71. The monoisotopic (exact) mass is 367 g/mol. The van der Waals surface area contributed by atoms with Gasteiger partial charge in [0.1, 0.15) is 11.5 Å². The summed E-state index contributed by atoms with van der Waals surface area (Å²) in [7, 11) is 1.69. The minimum atomic E-state index is -0.533. The van der Waals surface area contributed by atoms with Gasteiger partial charge in [-0.3, -0.25) is 0 Å². The molecule has 2 aromatic rings. The van der Waals surface area contributed by atoms with E-state index in [0.717, 1.165) is 34.4 Å². The van der Waals surface area contributed by atoms with E-state index >= 15 is 0 Å².